The van der Waals surface area contributed by atoms with E-state index < -0.39 is 0 Å². The topological polar surface area (TPSA) is 29.3 Å². The van der Waals surface area contributed by atoms with E-state index in [-0.39, 0.29) is 5.82 Å². The van der Waals surface area contributed by atoms with Gasteiger partial charge in [-0.15, -0.1) is 0 Å². The number of likely N-dealkylation sites (tertiary alicyclic amines) is 1. The van der Waals surface area contributed by atoms with Gasteiger partial charge in [0.05, 0.1) is 0 Å². The Hall–Kier alpha value is -1.36. The van der Waals surface area contributed by atoms with Crippen LogP contribution < -0.4 is 5.14 Å². The maximum Gasteiger partial charge on any atom is 0.124 e. The van der Waals surface area contributed by atoms with E-state index in [1.54, 1.807) is 6.07 Å². The molecule has 1 fully saturated rings. The number of aryl methyl sites for hydroxylation is 1. The lowest BCUT2D eigenvalue weighted by molar-refractivity contribution is 0.331. The number of rotatable bonds is 5. The Morgan fingerprint density at radius 2 is 1.65 bits per heavy atom. The molecule has 1 aliphatic rings. The van der Waals surface area contributed by atoms with Gasteiger partial charge in [0, 0.05) is 11.4 Å². The highest BCUT2D eigenvalue weighted by atomic mass is 32.2. The highest BCUT2D eigenvalue weighted by Crippen LogP contribution is 2.18. The second kappa shape index (κ2) is 10.7. The van der Waals surface area contributed by atoms with Gasteiger partial charge < -0.3 is 0 Å². The molecule has 0 atom stereocenters. The fourth-order valence-electron chi connectivity index (χ4n) is 3.15. The minimum atomic E-state index is -0.237. The maximum absolute atomic E-state index is 12.5. The SMILES string of the molecule is CC(C)Cc1ccc(CN2CCCC2)cc1.Cc1ccc(F)cc1SN. The van der Waals surface area contributed by atoms with Crippen molar-refractivity contribution in [2.75, 3.05) is 13.1 Å². The van der Waals surface area contributed by atoms with Gasteiger partial charge in [0.15, 0.2) is 0 Å². The van der Waals surface area contributed by atoms with Gasteiger partial charge >= 0.3 is 0 Å². The number of nitrogens with two attached hydrogens (primary N) is 1. The summed E-state index contributed by atoms with van der Waals surface area (Å²) in [6.07, 6.45) is 3.96. The summed E-state index contributed by atoms with van der Waals surface area (Å²) < 4.78 is 12.5. The molecule has 0 radical (unpaired) electrons. The molecule has 0 unspecified atom stereocenters. The third-order valence-electron chi connectivity index (χ3n) is 4.55. The van der Waals surface area contributed by atoms with Crippen LogP contribution in [-0.2, 0) is 13.0 Å². The number of hydrogen-bond acceptors (Lipinski definition) is 3. The molecule has 4 heteroatoms. The van der Waals surface area contributed by atoms with Crippen molar-refractivity contribution >= 4 is 11.9 Å². The van der Waals surface area contributed by atoms with Gasteiger partial charge in [-0.1, -0.05) is 44.2 Å². The summed E-state index contributed by atoms with van der Waals surface area (Å²) in [4.78, 5) is 3.34. The standard InChI is InChI=1S/C15H23N.C7H8FNS/c1-13(2)11-14-5-7-15(8-6-14)12-16-9-3-4-10-16;1-5-2-3-6(8)4-7(5)10-9/h5-8,13H,3-4,9-12H2,1-2H3;2-4H,9H2,1H3. The summed E-state index contributed by atoms with van der Waals surface area (Å²) in [5, 5.41) is 5.27. The Balaban J connectivity index is 0.000000209. The van der Waals surface area contributed by atoms with E-state index in [0.29, 0.717) is 0 Å². The van der Waals surface area contributed by atoms with Gasteiger partial charge in [-0.05, 0) is 86.0 Å². The largest absolute Gasteiger partial charge is 0.299 e. The molecule has 0 amide bonds. The molecule has 0 aromatic heterocycles. The van der Waals surface area contributed by atoms with E-state index in [0.717, 1.165) is 34.9 Å². The molecule has 2 N–H and O–H groups in total. The van der Waals surface area contributed by atoms with E-state index in [1.165, 1.54) is 55.6 Å². The van der Waals surface area contributed by atoms with Crippen LogP contribution in [-0.4, -0.2) is 18.0 Å². The van der Waals surface area contributed by atoms with Gasteiger partial charge in [0.1, 0.15) is 5.82 Å². The lowest BCUT2D eigenvalue weighted by Crippen LogP contribution is -2.18. The normalized spacial score (nSPS) is 14.4. The van der Waals surface area contributed by atoms with Crippen LogP contribution >= 0.6 is 11.9 Å². The zero-order valence-corrected chi connectivity index (χ0v) is 17.0. The smallest absolute Gasteiger partial charge is 0.124 e. The summed E-state index contributed by atoms with van der Waals surface area (Å²) in [6, 6.07) is 13.8. The lowest BCUT2D eigenvalue weighted by atomic mass is 10.0. The summed E-state index contributed by atoms with van der Waals surface area (Å²) in [5.41, 5.74) is 3.95. The first kappa shape index (κ1) is 20.9. The average Bonchev–Trinajstić information content (AvgIpc) is 3.12. The second-order valence-electron chi connectivity index (χ2n) is 7.43. The van der Waals surface area contributed by atoms with Crippen molar-refractivity contribution < 1.29 is 4.39 Å². The zero-order valence-electron chi connectivity index (χ0n) is 16.2. The van der Waals surface area contributed by atoms with Crippen LogP contribution in [0.5, 0.6) is 0 Å². The molecule has 2 aromatic rings. The lowest BCUT2D eigenvalue weighted by Gasteiger charge is -2.14. The van der Waals surface area contributed by atoms with Crippen LogP contribution in [0.4, 0.5) is 4.39 Å². The molecule has 2 nitrogen and oxygen atoms in total. The molecule has 0 spiro atoms. The number of hydrogen-bond donors (Lipinski definition) is 1. The van der Waals surface area contributed by atoms with Crippen molar-refractivity contribution in [2.24, 2.45) is 11.1 Å². The van der Waals surface area contributed by atoms with E-state index in [9.17, 15) is 4.39 Å². The molecule has 1 aliphatic heterocycles. The molecule has 0 bridgehead atoms. The molecule has 1 saturated heterocycles. The highest BCUT2D eigenvalue weighted by Gasteiger charge is 2.11. The van der Waals surface area contributed by atoms with Gasteiger partial charge in [0.2, 0.25) is 0 Å². The van der Waals surface area contributed by atoms with Gasteiger partial charge in [-0.3, -0.25) is 10.0 Å². The summed E-state index contributed by atoms with van der Waals surface area (Å²) in [6.45, 7) is 10.2. The van der Waals surface area contributed by atoms with Crippen LogP contribution in [0.3, 0.4) is 0 Å². The van der Waals surface area contributed by atoms with Crippen molar-refractivity contribution in [1.29, 1.82) is 0 Å². The van der Waals surface area contributed by atoms with Crippen LogP contribution in [0.25, 0.3) is 0 Å². The number of nitrogens with zero attached hydrogens (tertiary/aromatic N) is 1. The Labute approximate surface area is 162 Å². The van der Waals surface area contributed by atoms with Crippen LogP contribution in [0.1, 0.15) is 43.4 Å². The van der Waals surface area contributed by atoms with Crippen LogP contribution in [0, 0.1) is 18.7 Å². The molecule has 142 valence electrons. The highest BCUT2D eigenvalue weighted by molar-refractivity contribution is 7.97. The van der Waals surface area contributed by atoms with E-state index in [4.69, 9.17) is 5.14 Å². The molecule has 0 saturated carbocycles. The van der Waals surface area contributed by atoms with Gasteiger partial charge in [-0.2, -0.15) is 0 Å². The van der Waals surface area contributed by atoms with Crippen molar-refractivity contribution in [3.8, 4) is 0 Å². The third-order valence-corrected chi connectivity index (χ3v) is 5.24. The minimum Gasteiger partial charge on any atom is -0.299 e. The zero-order chi connectivity index (χ0) is 18.9. The molecular weight excluding hydrogens is 343 g/mol. The quantitative estimate of drug-likeness (QED) is 0.693. The van der Waals surface area contributed by atoms with Crippen molar-refractivity contribution in [2.45, 2.75) is 51.5 Å². The predicted octanol–water partition coefficient (Wildman–Crippen LogP) is 5.58. The average molecular weight is 375 g/mol. The van der Waals surface area contributed by atoms with Crippen molar-refractivity contribution in [1.82, 2.24) is 4.90 Å². The Morgan fingerprint density at radius 3 is 2.19 bits per heavy atom. The van der Waals surface area contributed by atoms with E-state index >= 15 is 0 Å². The minimum absolute atomic E-state index is 0.237. The Bertz CT molecular complexity index is 664. The van der Waals surface area contributed by atoms with Gasteiger partial charge in [0.25, 0.3) is 0 Å². The van der Waals surface area contributed by atoms with Gasteiger partial charge in [-0.25, -0.2) is 4.39 Å². The van der Waals surface area contributed by atoms with Crippen LogP contribution in [0.2, 0.25) is 0 Å². The number of benzene rings is 2. The Morgan fingerprint density at radius 1 is 1.04 bits per heavy atom. The summed E-state index contributed by atoms with van der Waals surface area (Å²) in [7, 11) is 0. The molecule has 3 rings (SSSR count). The van der Waals surface area contributed by atoms with E-state index in [1.807, 2.05) is 6.92 Å². The maximum atomic E-state index is 12.5. The Kier molecular flexibility index (Phi) is 8.63. The fourth-order valence-corrected chi connectivity index (χ4v) is 3.59. The second-order valence-corrected chi connectivity index (χ2v) is 8.10. The first-order valence-corrected chi connectivity index (χ1v) is 10.3. The summed E-state index contributed by atoms with van der Waals surface area (Å²) in [5.74, 6) is 0.517. The molecule has 26 heavy (non-hydrogen) atoms. The fraction of sp³-hybridized carbons (Fsp3) is 0.455. The number of halogens is 1. The molecule has 0 aliphatic carbocycles. The summed E-state index contributed by atoms with van der Waals surface area (Å²) >= 11 is 1.07. The molecule has 2 aromatic carbocycles. The first-order valence-electron chi connectivity index (χ1n) is 9.41. The first-order chi connectivity index (χ1) is 12.5. The van der Waals surface area contributed by atoms with Crippen LogP contribution in [0.15, 0.2) is 47.4 Å². The van der Waals surface area contributed by atoms with Crippen molar-refractivity contribution in [3.05, 3.63) is 65.0 Å². The predicted molar refractivity (Wildman–Crippen MR) is 111 cm³/mol. The van der Waals surface area contributed by atoms with Crippen molar-refractivity contribution in [3.63, 3.8) is 0 Å². The third kappa shape index (κ3) is 7.10. The molecular formula is C22H31FN2S. The van der Waals surface area contributed by atoms with E-state index in [2.05, 4.69) is 43.0 Å². The monoisotopic (exact) mass is 374 g/mol. The molecule has 1 heterocycles.